The predicted molar refractivity (Wildman–Crippen MR) is 79.8 cm³/mol. The molecule has 2 heteroatoms. The van der Waals surface area contributed by atoms with E-state index in [2.05, 4.69) is 31.3 Å². The minimum atomic E-state index is 0.0272. The average Bonchev–Trinajstić information content (AvgIpc) is 2.41. The van der Waals surface area contributed by atoms with Gasteiger partial charge in [0.2, 0.25) is 5.91 Å². The molecule has 1 aromatic carbocycles. The summed E-state index contributed by atoms with van der Waals surface area (Å²) in [5.74, 6) is 0.629. The molecule has 19 heavy (non-hydrogen) atoms. The highest BCUT2D eigenvalue weighted by molar-refractivity contribution is 5.91. The lowest BCUT2D eigenvalue weighted by Crippen LogP contribution is -2.40. The number of benzene rings is 1. The SMILES string of the molecule is Cc1ccc(/C=C/C(=O)N[C@@H]2CCCC[C@H]2C)cc1. The van der Waals surface area contributed by atoms with Crippen LogP contribution in [0.4, 0.5) is 0 Å². The van der Waals surface area contributed by atoms with E-state index in [0.717, 1.165) is 12.0 Å². The van der Waals surface area contributed by atoms with Crippen LogP contribution >= 0.6 is 0 Å². The highest BCUT2D eigenvalue weighted by atomic mass is 16.1. The quantitative estimate of drug-likeness (QED) is 0.822. The minimum Gasteiger partial charge on any atom is -0.350 e. The normalized spacial score (nSPS) is 23.5. The maximum Gasteiger partial charge on any atom is 0.244 e. The van der Waals surface area contributed by atoms with Gasteiger partial charge in [-0.1, -0.05) is 49.6 Å². The molecule has 1 aromatic rings. The van der Waals surface area contributed by atoms with Crippen molar-refractivity contribution in [2.75, 3.05) is 0 Å². The molecule has 0 bridgehead atoms. The van der Waals surface area contributed by atoms with Gasteiger partial charge in [0, 0.05) is 12.1 Å². The fraction of sp³-hybridized carbons (Fsp3) is 0.471. The number of rotatable bonds is 3. The van der Waals surface area contributed by atoms with Gasteiger partial charge < -0.3 is 5.32 Å². The smallest absolute Gasteiger partial charge is 0.244 e. The number of carbonyl (C=O) groups is 1. The van der Waals surface area contributed by atoms with E-state index in [-0.39, 0.29) is 5.91 Å². The van der Waals surface area contributed by atoms with Gasteiger partial charge in [-0.25, -0.2) is 0 Å². The second-order valence-corrected chi connectivity index (χ2v) is 5.62. The first kappa shape index (κ1) is 13.9. The predicted octanol–water partition coefficient (Wildman–Crippen LogP) is 3.70. The van der Waals surface area contributed by atoms with E-state index in [4.69, 9.17) is 0 Å². The minimum absolute atomic E-state index is 0.0272. The Morgan fingerprint density at radius 3 is 2.58 bits per heavy atom. The summed E-state index contributed by atoms with van der Waals surface area (Å²) in [5, 5.41) is 3.12. The molecule has 102 valence electrons. The zero-order valence-electron chi connectivity index (χ0n) is 11.9. The molecule has 0 spiro atoms. The van der Waals surface area contributed by atoms with Crippen molar-refractivity contribution in [2.24, 2.45) is 5.92 Å². The molecule has 1 fully saturated rings. The molecule has 0 heterocycles. The maximum atomic E-state index is 11.9. The van der Waals surface area contributed by atoms with Gasteiger partial charge in [0.05, 0.1) is 0 Å². The highest BCUT2D eigenvalue weighted by Crippen LogP contribution is 2.23. The zero-order valence-corrected chi connectivity index (χ0v) is 11.9. The third-order valence-electron chi connectivity index (χ3n) is 3.94. The molecule has 2 nitrogen and oxygen atoms in total. The van der Waals surface area contributed by atoms with E-state index < -0.39 is 0 Å². The number of hydrogen-bond acceptors (Lipinski definition) is 1. The lowest BCUT2D eigenvalue weighted by Gasteiger charge is -2.29. The van der Waals surface area contributed by atoms with Gasteiger partial charge in [-0.15, -0.1) is 0 Å². The van der Waals surface area contributed by atoms with E-state index in [0.29, 0.717) is 12.0 Å². The molecule has 1 aliphatic carbocycles. The lowest BCUT2D eigenvalue weighted by molar-refractivity contribution is -0.117. The van der Waals surface area contributed by atoms with Crippen molar-refractivity contribution in [3.05, 3.63) is 41.5 Å². The molecule has 2 atom stereocenters. The molecule has 1 N–H and O–H groups in total. The van der Waals surface area contributed by atoms with Crippen LogP contribution in [0.25, 0.3) is 6.08 Å². The molecule has 0 aliphatic heterocycles. The summed E-state index contributed by atoms with van der Waals surface area (Å²) in [6, 6.07) is 8.52. The fourth-order valence-corrected chi connectivity index (χ4v) is 2.61. The topological polar surface area (TPSA) is 29.1 Å². The summed E-state index contributed by atoms with van der Waals surface area (Å²) in [4.78, 5) is 11.9. The summed E-state index contributed by atoms with van der Waals surface area (Å²) >= 11 is 0. The Bertz CT molecular complexity index is 447. The first-order chi connectivity index (χ1) is 9.15. The van der Waals surface area contributed by atoms with Crippen molar-refractivity contribution >= 4 is 12.0 Å². The van der Waals surface area contributed by atoms with E-state index in [1.54, 1.807) is 6.08 Å². The zero-order chi connectivity index (χ0) is 13.7. The van der Waals surface area contributed by atoms with Gasteiger partial charge in [-0.05, 0) is 37.3 Å². The second-order valence-electron chi connectivity index (χ2n) is 5.62. The van der Waals surface area contributed by atoms with E-state index in [9.17, 15) is 4.79 Å². The van der Waals surface area contributed by atoms with Crippen LogP contribution in [-0.2, 0) is 4.79 Å². The lowest BCUT2D eigenvalue weighted by atomic mass is 9.86. The molecule has 1 aliphatic rings. The molecule has 0 unspecified atom stereocenters. The molecular formula is C17H23NO. The molecule has 0 saturated heterocycles. The third-order valence-corrected chi connectivity index (χ3v) is 3.94. The summed E-state index contributed by atoms with van der Waals surface area (Å²) < 4.78 is 0. The monoisotopic (exact) mass is 257 g/mol. The largest absolute Gasteiger partial charge is 0.350 e. The number of hydrogen-bond donors (Lipinski definition) is 1. The van der Waals surface area contributed by atoms with Crippen molar-refractivity contribution < 1.29 is 4.79 Å². The summed E-state index contributed by atoms with van der Waals surface area (Å²) in [6.45, 7) is 4.29. The first-order valence-electron chi connectivity index (χ1n) is 7.20. The van der Waals surface area contributed by atoms with E-state index in [1.165, 1.54) is 24.8 Å². The number of amides is 1. The Morgan fingerprint density at radius 1 is 1.21 bits per heavy atom. The Labute approximate surface area is 115 Å². The van der Waals surface area contributed by atoms with Crippen LogP contribution in [0.2, 0.25) is 0 Å². The molecule has 0 radical (unpaired) electrons. The van der Waals surface area contributed by atoms with Crippen LogP contribution in [0.5, 0.6) is 0 Å². The fourth-order valence-electron chi connectivity index (χ4n) is 2.61. The molecule has 1 amide bonds. The second kappa shape index (κ2) is 6.55. The highest BCUT2D eigenvalue weighted by Gasteiger charge is 2.21. The average molecular weight is 257 g/mol. The van der Waals surface area contributed by atoms with Crippen LogP contribution in [0.1, 0.15) is 43.7 Å². The maximum absolute atomic E-state index is 11.9. The van der Waals surface area contributed by atoms with Gasteiger partial charge in [0.25, 0.3) is 0 Å². The van der Waals surface area contributed by atoms with Gasteiger partial charge in [0.1, 0.15) is 0 Å². The van der Waals surface area contributed by atoms with Crippen molar-refractivity contribution in [1.82, 2.24) is 5.32 Å². The Hall–Kier alpha value is -1.57. The van der Waals surface area contributed by atoms with Crippen molar-refractivity contribution in [2.45, 2.75) is 45.6 Å². The van der Waals surface area contributed by atoms with Gasteiger partial charge >= 0.3 is 0 Å². The van der Waals surface area contributed by atoms with Crippen LogP contribution < -0.4 is 5.32 Å². The van der Waals surface area contributed by atoms with Crippen LogP contribution in [0.3, 0.4) is 0 Å². The summed E-state index contributed by atoms with van der Waals surface area (Å²) in [7, 11) is 0. The van der Waals surface area contributed by atoms with Crippen molar-refractivity contribution in [1.29, 1.82) is 0 Å². The molecular weight excluding hydrogens is 234 g/mol. The van der Waals surface area contributed by atoms with Crippen molar-refractivity contribution in [3.63, 3.8) is 0 Å². The van der Waals surface area contributed by atoms with E-state index >= 15 is 0 Å². The molecule has 0 aromatic heterocycles. The van der Waals surface area contributed by atoms with E-state index in [1.807, 2.05) is 18.2 Å². The Kier molecular flexibility index (Phi) is 4.78. The van der Waals surface area contributed by atoms with Gasteiger partial charge in [-0.3, -0.25) is 4.79 Å². The third kappa shape index (κ3) is 4.23. The number of carbonyl (C=O) groups excluding carboxylic acids is 1. The molecule has 2 rings (SSSR count). The first-order valence-corrected chi connectivity index (χ1v) is 7.20. The number of nitrogens with one attached hydrogen (secondary N) is 1. The van der Waals surface area contributed by atoms with Crippen molar-refractivity contribution in [3.8, 4) is 0 Å². The summed E-state index contributed by atoms with van der Waals surface area (Å²) in [6.07, 6.45) is 8.40. The summed E-state index contributed by atoms with van der Waals surface area (Å²) in [5.41, 5.74) is 2.30. The molecule has 1 saturated carbocycles. The number of aryl methyl sites for hydroxylation is 1. The Balaban J connectivity index is 1.88. The van der Waals surface area contributed by atoms with Gasteiger partial charge in [-0.2, -0.15) is 0 Å². The Morgan fingerprint density at radius 2 is 1.89 bits per heavy atom. The van der Waals surface area contributed by atoms with Gasteiger partial charge in [0.15, 0.2) is 0 Å². The van der Waals surface area contributed by atoms with Crippen LogP contribution in [-0.4, -0.2) is 11.9 Å². The van der Waals surface area contributed by atoms with Crippen LogP contribution in [0.15, 0.2) is 30.3 Å². The standard InChI is InChI=1S/C17H23NO/c1-13-7-9-15(10-8-13)11-12-17(19)18-16-6-4-3-5-14(16)2/h7-12,14,16H,3-6H2,1-2H3,(H,18,19)/b12-11+/t14-,16-/m1/s1. The van der Waals surface area contributed by atoms with Crippen LogP contribution in [0, 0.1) is 12.8 Å².